The highest BCUT2D eigenvalue weighted by Crippen LogP contribution is 2.27. The molecule has 1 nitrogen and oxygen atoms in total. The molecular formula is C12H15Cl2F2N. The van der Waals surface area contributed by atoms with Crippen LogP contribution in [0.5, 0.6) is 0 Å². The fraction of sp³-hybridized carbons (Fsp3) is 0.500. The van der Waals surface area contributed by atoms with Crippen molar-refractivity contribution in [2.24, 2.45) is 0 Å². The minimum atomic E-state index is -2.42. The van der Waals surface area contributed by atoms with Crippen LogP contribution in [0.3, 0.4) is 0 Å². The number of benzene rings is 1. The number of halogens is 4. The summed E-state index contributed by atoms with van der Waals surface area (Å²) in [6, 6.07) is 4.19. The molecule has 0 aliphatic rings. The zero-order chi connectivity index (χ0) is 12.8. The molecule has 0 saturated carbocycles. The van der Waals surface area contributed by atoms with Gasteiger partial charge in [-0.15, -0.1) is 0 Å². The van der Waals surface area contributed by atoms with Gasteiger partial charge in [-0.1, -0.05) is 42.3 Å². The van der Waals surface area contributed by atoms with Gasteiger partial charge in [-0.2, -0.15) is 0 Å². The molecular weight excluding hydrogens is 267 g/mol. The number of rotatable bonds is 6. The van der Waals surface area contributed by atoms with E-state index in [9.17, 15) is 8.78 Å². The van der Waals surface area contributed by atoms with Crippen LogP contribution in [-0.4, -0.2) is 19.0 Å². The van der Waals surface area contributed by atoms with Crippen LogP contribution in [0.15, 0.2) is 18.2 Å². The van der Waals surface area contributed by atoms with Gasteiger partial charge in [0, 0.05) is 0 Å². The SMILES string of the molecule is CCCNC(Cc1cccc(Cl)c1Cl)C(F)F. The zero-order valence-electron chi connectivity index (χ0n) is 9.52. The van der Waals surface area contributed by atoms with Crippen LogP contribution in [0.4, 0.5) is 8.78 Å². The molecule has 0 radical (unpaired) electrons. The second kappa shape index (κ2) is 7.14. The minimum Gasteiger partial charge on any atom is -0.309 e. The van der Waals surface area contributed by atoms with Crippen LogP contribution in [0, 0.1) is 0 Å². The summed E-state index contributed by atoms with van der Waals surface area (Å²) in [5, 5.41) is 3.57. The first-order valence-electron chi connectivity index (χ1n) is 5.50. The number of hydrogen-bond acceptors (Lipinski definition) is 1. The smallest absolute Gasteiger partial charge is 0.254 e. The van der Waals surface area contributed by atoms with Gasteiger partial charge < -0.3 is 5.32 Å². The third-order valence-corrected chi connectivity index (χ3v) is 3.29. The van der Waals surface area contributed by atoms with Crippen LogP contribution in [0.1, 0.15) is 18.9 Å². The van der Waals surface area contributed by atoms with Crippen molar-refractivity contribution in [3.05, 3.63) is 33.8 Å². The van der Waals surface area contributed by atoms with E-state index in [0.29, 0.717) is 22.2 Å². The van der Waals surface area contributed by atoms with Crippen molar-refractivity contribution in [3.63, 3.8) is 0 Å². The van der Waals surface area contributed by atoms with Crippen LogP contribution in [0.25, 0.3) is 0 Å². The highest BCUT2D eigenvalue weighted by atomic mass is 35.5. The number of alkyl halides is 2. The Morgan fingerprint density at radius 1 is 1.29 bits per heavy atom. The third kappa shape index (κ3) is 4.41. The first-order chi connectivity index (χ1) is 8.06. The summed E-state index contributed by atoms with van der Waals surface area (Å²) in [6.07, 6.45) is -1.43. The lowest BCUT2D eigenvalue weighted by Gasteiger charge is -2.18. The number of hydrogen-bond donors (Lipinski definition) is 1. The maximum absolute atomic E-state index is 12.8. The van der Waals surface area contributed by atoms with E-state index in [2.05, 4.69) is 5.32 Å². The maximum Gasteiger partial charge on any atom is 0.254 e. The average molecular weight is 282 g/mol. The molecule has 0 aliphatic heterocycles. The van der Waals surface area contributed by atoms with E-state index >= 15 is 0 Å². The third-order valence-electron chi connectivity index (χ3n) is 2.43. The Labute approximate surface area is 110 Å². The monoisotopic (exact) mass is 281 g/mol. The zero-order valence-corrected chi connectivity index (χ0v) is 11.0. The second-order valence-corrected chi connectivity index (χ2v) is 4.60. The molecule has 0 bridgehead atoms. The van der Waals surface area contributed by atoms with E-state index in [0.717, 1.165) is 6.42 Å². The summed E-state index contributed by atoms with van der Waals surface area (Å²) in [7, 11) is 0. The predicted molar refractivity (Wildman–Crippen MR) is 68.3 cm³/mol. The summed E-state index contributed by atoms with van der Waals surface area (Å²) < 4.78 is 25.6. The molecule has 0 spiro atoms. The van der Waals surface area contributed by atoms with Crippen LogP contribution in [0.2, 0.25) is 10.0 Å². The predicted octanol–water partition coefficient (Wildman–Crippen LogP) is 4.17. The van der Waals surface area contributed by atoms with Gasteiger partial charge >= 0.3 is 0 Å². The van der Waals surface area contributed by atoms with E-state index in [1.807, 2.05) is 6.92 Å². The van der Waals surface area contributed by atoms with Gasteiger partial charge in [-0.3, -0.25) is 0 Å². The standard InChI is InChI=1S/C12H15Cl2F2N/c1-2-6-17-10(12(15)16)7-8-4-3-5-9(13)11(8)14/h3-5,10,12,17H,2,6-7H2,1H3. The summed E-state index contributed by atoms with van der Waals surface area (Å²) in [5.74, 6) is 0. The Bertz CT molecular complexity index is 358. The molecule has 96 valence electrons. The molecule has 0 fully saturated rings. The molecule has 17 heavy (non-hydrogen) atoms. The first-order valence-corrected chi connectivity index (χ1v) is 6.26. The Morgan fingerprint density at radius 2 is 2.00 bits per heavy atom. The van der Waals surface area contributed by atoms with Gasteiger partial charge in [0.05, 0.1) is 16.1 Å². The summed E-state index contributed by atoms with van der Waals surface area (Å²) in [5.41, 5.74) is 0.646. The Balaban J connectivity index is 2.75. The van der Waals surface area contributed by atoms with Crippen LogP contribution < -0.4 is 5.32 Å². The number of nitrogens with one attached hydrogen (secondary N) is 1. The molecule has 0 aliphatic carbocycles. The maximum atomic E-state index is 12.8. The van der Waals surface area contributed by atoms with Crippen LogP contribution in [-0.2, 0) is 6.42 Å². The van der Waals surface area contributed by atoms with E-state index in [4.69, 9.17) is 23.2 Å². The van der Waals surface area contributed by atoms with Gasteiger partial charge in [-0.25, -0.2) is 8.78 Å². The lowest BCUT2D eigenvalue weighted by molar-refractivity contribution is 0.0983. The van der Waals surface area contributed by atoms with Gasteiger partial charge in [0.25, 0.3) is 6.43 Å². The Morgan fingerprint density at radius 3 is 2.59 bits per heavy atom. The van der Waals surface area contributed by atoms with Gasteiger partial charge in [-0.05, 0) is 31.0 Å². The van der Waals surface area contributed by atoms with Gasteiger partial charge in [0.15, 0.2) is 0 Å². The molecule has 0 aromatic heterocycles. The van der Waals surface area contributed by atoms with Crippen molar-refractivity contribution < 1.29 is 8.78 Å². The Kier molecular flexibility index (Phi) is 6.17. The quantitative estimate of drug-likeness (QED) is 0.825. The molecule has 1 atom stereocenters. The van der Waals surface area contributed by atoms with Crippen molar-refractivity contribution in [2.45, 2.75) is 32.2 Å². The van der Waals surface area contributed by atoms with Crippen molar-refractivity contribution in [2.75, 3.05) is 6.54 Å². The second-order valence-electron chi connectivity index (χ2n) is 3.81. The molecule has 1 aromatic rings. The highest BCUT2D eigenvalue weighted by Gasteiger charge is 2.21. The highest BCUT2D eigenvalue weighted by molar-refractivity contribution is 6.42. The molecule has 1 unspecified atom stereocenters. The first kappa shape index (κ1) is 14.7. The topological polar surface area (TPSA) is 12.0 Å². The molecule has 1 N–H and O–H groups in total. The van der Waals surface area contributed by atoms with Crippen LogP contribution >= 0.6 is 23.2 Å². The van der Waals surface area contributed by atoms with E-state index < -0.39 is 12.5 Å². The van der Waals surface area contributed by atoms with Crippen molar-refractivity contribution in [1.29, 1.82) is 0 Å². The lowest BCUT2D eigenvalue weighted by atomic mass is 10.1. The summed E-state index contributed by atoms with van der Waals surface area (Å²) in [4.78, 5) is 0. The Hall–Kier alpha value is -0.380. The normalized spacial score (nSPS) is 13.1. The van der Waals surface area contributed by atoms with E-state index in [1.54, 1.807) is 18.2 Å². The minimum absolute atomic E-state index is 0.178. The molecule has 1 aromatic carbocycles. The molecule has 5 heteroatoms. The fourth-order valence-corrected chi connectivity index (χ4v) is 1.92. The molecule has 1 rings (SSSR count). The van der Waals surface area contributed by atoms with Gasteiger partial charge in [0.1, 0.15) is 0 Å². The van der Waals surface area contributed by atoms with E-state index in [1.165, 1.54) is 0 Å². The van der Waals surface area contributed by atoms with Crippen molar-refractivity contribution in [3.8, 4) is 0 Å². The lowest BCUT2D eigenvalue weighted by Crippen LogP contribution is -2.38. The van der Waals surface area contributed by atoms with Crippen molar-refractivity contribution >= 4 is 23.2 Å². The molecule has 0 amide bonds. The van der Waals surface area contributed by atoms with E-state index in [-0.39, 0.29) is 6.42 Å². The average Bonchev–Trinajstić information content (AvgIpc) is 2.29. The van der Waals surface area contributed by atoms with Crippen molar-refractivity contribution in [1.82, 2.24) is 5.32 Å². The summed E-state index contributed by atoms with van der Waals surface area (Å²) in [6.45, 7) is 2.50. The summed E-state index contributed by atoms with van der Waals surface area (Å²) >= 11 is 11.8. The fourth-order valence-electron chi connectivity index (χ4n) is 1.52. The largest absolute Gasteiger partial charge is 0.309 e. The molecule has 0 saturated heterocycles. The molecule has 0 heterocycles. The van der Waals surface area contributed by atoms with Gasteiger partial charge in [0.2, 0.25) is 0 Å².